The molecular formula is C26H29N5O2. The fourth-order valence-corrected chi connectivity index (χ4v) is 4.01. The van der Waals surface area contributed by atoms with E-state index in [9.17, 15) is 9.59 Å². The van der Waals surface area contributed by atoms with Crippen LogP contribution in [0.4, 0.5) is 17.1 Å². The summed E-state index contributed by atoms with van der Waals surface area (Å²) in [6.45, 7) is 8.33. The summed E-state index contributed by atoms with van der Waals surface area (Å²) in [6, 6.07) is 17.2. The standard InChI is InChI=1S/C26H29N5O2/c1-16-5-11-23(12-6-16)31-15-20(14-24(31)32)26(33)30-22-9-7-21(8-10-22)29-19(4)25-27-17(2)13-18(3)28-25/h5-13,19-20,29H,14-15H2,1-4H3,(H,30,33). The Balaban J connectivity index is 1.35. The molecular weight excluding hydrogens is 414 g/mol. The second kappa shape index (κ2) is 9.40. The van der Waals surface area contributed by atoms with Crippen LogP contribution in [0.15, 0.2) is 54.6 Å². The lowest BCUT2D eigenvalue weighted by Crippen LogP contribution is -2.28. The summed E-state index contributed by atoms with van der Waals surface area (Å²) < 4.78 is 0. The molecule has 4 rings (SSSR count). The molecule has 7 heteroatoms. The summed E-state index contributed by atoms with van der Waals surface area (Å²) in [5.41, 5.74) is 5.45. The van der Waals surface area contributed by atoms with Crippen molar-refractivity contribution in [1.29, 1.82) is 0 Å². The first-order chi connectivity index (χ1) is 15.8. The van der Waals surface area contributed by atoms with E-state index in [-0.39, 0.29) is 30.2 Å². The molecule has 1 saturated heterocycles. The number of rotatable bonds is 6. The molecule has 1 aliphatic heterocycles. The van der Waals surface area contributed by atoms with Gasteiger partial charge in [0, 0.05) is 41.4 Å². The predicted molar refractivity (Wildman–Crippen MR) is 130 cm³/mol. The van der Waals surface area contributed by atoms with Crippen molar-refractivity contribution in [1.82, 2.24) is 9.97 Å². The van der Waals surface area contributed by atoms with Crippen LogP contribution < -0.4 is 15.5 Å². The molecule has 1 fully saturated rings. The van der Waals surface area contributed by atoms with E-state index in [1.54, 1.807) is 4.90 Å². The molecule has 2 amide bonds. The van der Waals surface area contributed by atoms with Crippen molar-refractivity contribution in [2.75, 3.05) is 22.1 Å². The molecule has 3 aromatic rings. The maximum absolute atomic E-state index is 12.8. The molecule has 170 valence electrons. The zero-order valence-corrected chi connectivity index (χ0v) is 19.4. The predicted octanol–water partition coefficient (Wildman–Crippen LogP) is 4.57. The van der Waals surface area contributed by atoms with Crippen LogP contribution in [0.3, 0.4) is 0 Å². The molecule has 2 unspecified atom stereocenters. The summed E-state index contributed by atoms with van der Waals surface area (Å²) in [4.78, 5) is 35.9. The van der Waals surface area contributed by atoms with Gasteiger partial charge in [0.2, 0.25) is 11.8 Å². The number of nitrogens with zero attached hydrogens (tertiary/aromatic N) is 3. The maximum Gasteiger partial charge on any atom is 0.229 e. The minimum atomic E-state index is -0.377. The molecule has 0 aliphatic carbocycles. The highest BCUT2D eigenvalue weighted by molar-refractivity contribution is 6.03. The normalized spacial score (nSPS) is 16.5. The lowest BCUT2D eigenvalue weighted by atomic mass is 10.1. The smallest absolute Gasteiger partial charge is 0.229 e. The van der Waals surface area contributed by atoms with E-state index in [0.717, 1.165) is 34.2 Å². The maximum atomic E-state index is 12.8. The van der Waals surface area contributed by atoms with Crippen LogP contribution in [-0.2, 0) is 9.59 Å². The molecule has 2 aromatic carbocycles. The lowest BCUT2D eigenvalue weighted by Gasteiger charge is -2.17. The third-order valence-electron chi connectivity index (χ3n) is 5.76. The van der Waals surface area contributed by atoms with Gasteiger partial charge in [-0.3, -0.25) is 9.59 Å². The summed E-state index contributed by atoms with van der Waals surface area (Å²) in [6.07, 6.45) is 0.215. The van der Waals surface area contributed by atoms with Crippen LogP contribution in [0.2, 0.25) is 0 Å². The second-order valence-electron chi connectivity index (χ2n) is 8.68. The van der Waals surface area contributed by atoms with Crippen molar-refractivity contribution in [3.63, 3.8) is 0 Å². The number of benzene rings is 2. The van der Waals surface area contributed by atoms with Gasteiger partial charge >= 0.3 is 0 Å². The summed E-state index contributed by atoms with van der Waals surface area (Å²) in [5.74, 6) is 0.198. The number of aryl methyl sites for hydroxylation is 3. The van der Waals surface area contributed by atoms with Crippen LogP contribution in [0.5, 0.6) is 0 Å². The van der Waals surface area contributed by atoms with Gasteiger partial charge in [0.25, 0.3) is 0 Å². The van der Waals surface area contributed by atoms with Gasteiger partial charge in [-0.15, -0.1) is 0 Å². The monoisotopic (exact) mass is 443 g/mol. The lowest BCUT2D eigenvalue weighted by molar-refractivity contribution is -0.122. The highest BCUT2D eigenvalue weighted by Crippen LogP contribution is 2.27. The number of hydrogen-bond donors (Lipinski definition) is 2. The summed E-state index contributed by atoms with van der Waals surface area (Å²) >= 11 is 0. The van der Waals surface area contributed by atoms with Crippen LogP contribution in [-0.4, -0.2) is 28.3 Å². The fourth-order valence-electron chi connectivity index (χ4n) is 4.01. The van der Waals surface area contributed by atoms with Crippen molar-refractivity contribution in [3.8, 4) is 0 Å². The Morgan fingerprint density at radius 3 is 2.21 bits per heavy atom. The number of anilines is 3. The van der Waals surface area contributed by atoms with E-state index < -0.39 is 0 Å². The van der Waals surface area contributed by atoms with Gasteiger partial charge in [0.05, 0.1) is 12.0 Å². The van der Waals surface area contributed by atoms with Gasteiger partial charge in [0.1, 0.15) is 0 Å². The van der Waals surface area contributed by atoms with Crippen molar-refractivity contribution in [2.45, 2.75) is 40.2 Å². The number of carbonyl (C=O) groups is 2. The van der Waals surface area contributed by atoms with E-state index in [0.29, 0.717) is 12.2 Å². The molecule has 2 atom stereocenters. The zero-order valence-electron chi connectivity index (χ0n) is 19.4. The van der Waals surface area contributed by atoms with Gasteiger partial charge in [-0.05, 0) is 70.2 Å². The average molecular weight is 444 g/mol. The SMILES string of the molecule is Cc1ccc(N2CC(C(=O)Nc3ccc(NC(C)c4nc(C)cc(C)n4)cc3)CC2=O)cc1. The first-order valence-electron chi connectivity index (χ1n) is 11.1. The third kappa shape index (κ3) is 5.37. The number of amides is 2. The minimum absolute atomic E-state index is 0.0267. The molecule has 0 spiro atoms. The van der Waals surface area contributed by atoms with Crippen LogP contribution in [0.1, 0.15) is 42.2 Å². The molecule has 33 heavy (non-hydrogen) atoms. The van der Waals surface area contributed by atoms with Gasteiger partial charge in [-0.2, -0.15) is 0 Å². The highest BCUT2D eigenvalue weighted by atomic mass is 16.2. The molecule has 2 N–H and O–H groups in total. The number of carbonyl (C=O) groups excluding carboxylic acids is 2. The van der Waals surface area contributed by atoms with E-state index >= 15 is 0 Å². The minimum Gasteiger partial charge on any atom is -0.375 e. The average Bonchev–Trinajstić information content (AvgIpc) is 3.17. The topological polar surface area (TPSA) is 87.2 Å². The van der Waals surface area contributed by atoms with E-state index in [4.69, 9.17) is 0 Å². The Bertz CT molecular complexity index is 1140. The Hall–Kier alpha value is -3.74. The van der Waals surface area contributed by atoms with Crippen molar-refractivity contribution < 1.29 is 9.59 Å². The van der Waals surface area contributed by atoms with Crippen molar-refractivity contribution in [3.05, 3.63) is 77.4 Å². The number of nitrogens with one attached hydrogen (secondary N) is 2. The summed E-state index contributed by atoms with van der Waals surface area (Å²) in [7, 11) is 0. The molecule has 0 radical (unpaired) electrons. The van der Waals surface area contributed by atoms with Crippen molar-refractivity contribution in [2.24, 2.45) is 5.92 Å². The molecule has 1 aliphatic rings. The van der Waals surface area contributed by atoms with E-state index in [1.807, 2.05) is 82.3 Å². The molecule has 2 heterocycles. The summed E-state index contributed by atoms with van der Waals surface area (Å²) in [5, 5.41) is 6.34. The van der Waals surface area contributed by atoms with Crippen LogP contribution >= 0.6 is 0 Å². The molecule has 7 nitrogen and oxygen atoms in total. The van der Waals surface area contributed by atoms with Crippen LogP contribution in [0.25, 0.3) is 0 Å². The second-order valence-corrected chi connectivity index (χ2v) is 8.68. The van der Waals surface area contributed by atoms with E-state index in [2.05, 4.69) is 20.6 Å². The largest absolute Gasteiger partial charge is 0.375 e. The third-order valence-corrected chi connectivity index (χ3v) is 5.76. The van der Waals surface area contributed by atoms with Crippen LogP contribution in [0, 0.1) is 26.7 Å². The number of hydrogen-bond acceptors (Lipinski definition) is 5. The first kappa shape index (κ1) is 22.5. The Labute approximate surface area is 194 Å². The first-order valence-corrected chi connectivity index (χ1v) is 11.1. The van der Waals surface area contributed by atoms with Crippen molar-refractivity contribution >= 4 is 28.9 Å². The highest BCUT2D eigenvalue weighted by Gasteiger charge is 2.35. The molecule has 0 bridgehead atoms. The Morgan fingerprint density at radius 1 is 0.970 bits per heavy atom. The van der Waals surface area contributed by atoms with Gasteiger partial charge < -0.3 is 15.5 Å². The Kier molecular flexibility index (Phi) is 6.40. The fraction of sp³-hybridized carbons (Fsp3) is 0.308. The molecule has 0 saturated carbocycles. The molecule has 1 aromatic heterocycles. The van der Waals surface area contributed by atoms with Gasteiger partial charge in [-0.25, -0.2) is 9.97 Å². The van der Waals surface area contributed by atoms with E-state index in [1.165, 1.54) is 0 Å². The number of aromatic nitrogens is 2. The zero-order chi connectivity index (χ0) is 23.5. The van der Waals surface area contributed by atoms with Gasteiger partial charge in [0.15, 0.2) is 5.82 Å². The quantitative estimate of drug-likeness (QED) is 0.583. The Morgan fingerprint density at radius 2 is 1.58 bits per heavy atom. The van der Waals surface area contributed by atoms with Gasteiger partial charge in [-0.1, -0.05) is 17.7 Å².